The van der Waals surface area contributed by atoms with Gasteiger partial charge in [0, 0.05) is 25.2 Å². The van der Waals surface area contributed by atoms with Crippen molar-refractivity contribution in [3.8, 4) is 0 Å². The molecule has 1 nitrogen and oxygen atoms in total. The Balaban J connectivity index is 2.58. The van der Waals surface area contributed by atoms with Crippen LogP contribution in [0.5, 0.6) is 0 Å². The van der Waals surface area contributed by atoms with Crippen LogP contribution in [0.25, 0.3) is 20.2 Å². The van der Waals surface area contributed by atoms with Crippen LogP contribution in [0.2, 0.25) is 5.02 Å². The molecule has 0 atom stereocenters. The molecule has 0 bridgehead atoms. The summed E-state index contributed by atoms with van der Waals surface area (Å²) < 4.78 is 2.09. The van der Waals surface area contributed by atoms with E-state index in [2.05, 4.69) is 13.8 Å². The van der Waals surface area contributed by atoms with Crippen molar-refractivity contribution in [1.29, 1.82) is 0 Å². The minimum absolute atomic E-state index is 0.0775. The zero-order valence-electron chi connectivity index (χ0n) is 10.7. The fraction of sp³-hybridized carbons (Fsp3) is 0.188. The molecule has 2 aromatic carbocycles. The van der Waals surface area contributed by atoms with Crippen LogP contribution in [-0.2, 0) is 0 Å². The van der Waals surface area contributed by atoms with Crippen LogP contribution < -0.4 is 5.43 Å². The molecule has 0 saturated heterocycles. The first-order valence-corrected chi connectivity index (χ1v) is 7.42. The summed E-state index contributed by atoms with van der Waals surface area (Å²) in [4.78, 5) is 12.6. The molecule has 1 aromatic heterocycles. The van der Waals surface area contributed by atoms with Crippen molar-refractivity contribution in [2.24, 2.45) is 0 Å². The van der Waals surface area contributed by atoms with Crippen LogP contribution in [0.4, 0.5) is 0 Å². The Morgan fingerprint density at radius 2 is 1.84 bits per heavy atom. The summed E-state index contributed by atoms with van der Waals surface area (Å²) in [5.41, 5.74) is 1.23. The smallest absolute Gasteiger partial charge is 0.195 e. The normalized spacial score (nSPS) is 11.6. The van der Waals surface area contributed by atoms with Gasteiger partial charge in [0.1, 0.15) is 0 Å². The zero-order chi connectivity index (χ0) is 13.6. The summed E-state index contributed by atoms with van der Waals surface area (Å²) in [6.45, 7) is 4.25. The van der Waals surface area contributed by atoms with Crippen molar-refractivity contribution < 1.29 is 0 Å². The Morgan fingerprint density at radius 1 is 1.11 bits per heavy atom. The van der Waals surface area contributed by atoms with E-state index in [9.17, 15) is 4.79 Å². The van der Waals surface area contributed by atoms with Crippen molar-refractivity contribution in [2.75, 3.05) is 0 Å². The molecule has 0 radical (unpaired) electrons. The summed E-state index contributed by atoms with van der Waals surface area (Å²) in [7, 11) is 0. The molecule has 3 rings (SSSR count). The highest BCUT2D eigenvalue weighted by molar-refractivity contribution is 7.24. The molecule has 96 valence electrons. The average molecular weight is 289 g/mol. The molecule has 0 fully saturated rings. The van der Waals surface area contributed by atoms with E-state index in [1.165, 1.54) is 0 Å². The predicted octanol–water partition coefficient (Wildman–Crippen LogP) is 5.19. The zero-order valence-corrected chi connectivity index (χ0v) is 12.3. The van der Waals surface area contributed by atoms with Gasteiger partial charge in [-0.2, -0.15) is 0 Å². The molecule has 3 heteroatoms. The lowest BCUT2D eigenvalue weighted by atomic mass is 10.0. The van der Waals surface area contributed by atoms with Gasteiger partial charge < -0.3 is 0 Å². The number of halogens is 1. The second-order valence-electron chi connectivity index (χ2n) is 4.95. The molecule has 3 aromatic rings. The maximum Gasteiger partial charge on any atom is 0.195 e. The summed E-state index contributed by atoms with van der Waals surface area (Å²) in [6, 6.07) is 11.5. The Kier molecular flexibility index (Phi) is 3.08. The number of rotatable bonds is 1. The Hall–Kier alpha value is -1.38. The molecular formula is C16H13ClOS. The minimum Gasteiger partial charge on any atom is -0.289 e. The van der Waals surface area contributed by atoms with Gasteiger partial charge in [0.15, 0.2) is 5.43 Å². The first-order chi connectivity index (χ1) is 9.08. The standard InChI is InChI=1S/C16H13ClOS/c1-9(2)12-7-10(17)8-13-15(18)11-5-3-4-6-14(11)19-16(12)13/h3-9H,1-2H3. The fourth-order valence-corrected chi connectivity index (χ4v) is 3.86. The molecule has 19 heavy (non-hydrogen) atoms. The number of benzene rings is 2. The van der Waals surface area contributed by atoms with Crippen molar-refractivity contribution in [1.82, 2.24) is 0 Å². The van der Waals surface area contributed by atoms with E-state index in [0.29, 0.717) is 10.9 Å². The van der Waals surface area contributed by atoms with Crippen molar-refractivity contribution in [3.63, 3.8) is 0 Å². The van der Waals surface area contributed by atoms with E-state index < -0.39 is 0 Å². The monoisotopic (exact) mass is 288 g/mol. The minimum atomic E-state index is 0.0775. The second kappa shape index (κ2) is 4.62. The molecule has 0 aliphatic rings. The van der Waals surface area contributed by atoms with Gasteiger partial charge in [-0.1, -0.05) is 37.6 Å². The van der Waals surface area contributed by atoms with Crippen LogP contribution in [0.1, 0.15) is 25.3 Å². The van der Waals surface area contributed by atoms with Gasteiger partial charge in [0.05, 0.1) is 0 Å². The summed E-state index contributed by atoms with van der Waals surface area (Å²) in [5.74, 6) is 0.345. The molecule has 0 saturated carbocycles. The van der Waals surface area contributed by atoms with Crippen LogP contribution in [-0.4, -0.2) is 0 Å². The Labute approximate surface area is 120 Å². The molecule has 0 N–H and O–H groups in total. The van der Waals surface area contributed by atoms with Crippen molar-refractivity contribution in [2.45, 2.75) is 19.8 Å². The van der Waals surface area contributed by atoms with Crippen LogP contribution >= 0.6 is 22.9 Å². The predicted molar refractivity (Wildman–Crippen MR) is 84.7 cm³/mol. The summed E-state index contributed by atoms with van der Waals surface area (Å²) in [5, 5.41) is 2.15. The lowest BCUT2D eigenvalue weighted by Crippen LogP contribution is -2.02. The number of hydrogen-bond donors (Lipinski definition) is 0. The number of hydrogen-bond acceptors (Lipinski definition) is 2. The van der Waals surface area contributed by atoms with Crippen LogP contribution in [0.15, 0.2) is 41.2 Å². The van der Waals surface area contributed by atoms with E-state index in [1.807, 2.05) is 30.3 Å². The molecule has 0 aliphatic heterocycles. The Bertz CT molecular complexity index is 833. The van der Waals surface area contributed by atoms with E-state index in [-0.39, 0.29) is 5.43 Å². The van der Waals surface area contributed by atoms with Gasteiger partial charge in [-0.25, -0.2) is 0 Å². The molecule has 0 spiro atoms. The van der Waals surface area contributed by atoms with Gasteiger partial charge in [0.2, 0.25) is 0 Å². The topological polar surface area (TPSA) is 17.1 Å². The largest absolute Gasteiger partial charge is 0.289 e. The average Bonchev–Trinajstić information content (AvgIpc) is 2.39. The molecule has 0 amide bonds. The molecule has 0 aliphatic carbocycles. The molecule has 0 unspecified atom stereocenters. The second-order valence-corrected chi connectivity index (χ2v) is 6.44. The lowest BCUT2D eigenvalue weighted by Gasteiger charge is -2.10. The van der Waals surface area contributed by atoms with Gasteiger partial charge in [-0.15, -0.1) is 11.3 Å². The maximum atomic E-state index is 12.6. The summed E-state index contributed by atoms with van der Waals surface area (Å²) in [6.07, 6.45) is 0. The maximum absolute atomic E-state index is 12.6. The first-order valence-electron chi connectivity index (χ1n) is 6.23. The van der Waals surface area contributed by atoms with Crippen LogP contribution in [0.3, 0.4) is 0 Å². The van der Waals surface area contributed by atoms with E-state index >= 15 is 0 Å². The third-order valence-electron chi connectivity index (χ3n) is 3.29. The third-order valence-corrected chi connectivity index (χ3v) is 4.75. The number of fused-ring (bicyclic) bond motifs is 2. The van der Waals surface area contributed by atoms with Crippen molar-refractivity contribution in [3.05, 3.63) is 57.2 Å². The quantitative estimate of drug-likeness (QED) is 0.563. The SMILES string of the molecule is CC(C)c1cc(Cl)cc2c(=O)c3ccccc3sc12. The summed E-state index contributed by atoms with van der Waals surface area (Å²) >= 11 is 7.83. The third kappa shape index (κ3) is 2.05. The van der Waals surface area contributed by atoms with E-state index in [0.717, 1.165) is 25.7 Å². The van der Waals surface area contributed by atoms with E-state index in [1.54, 1.807) is 17.4 Å². The van der Waals surface area contributed by atoms with E-state index in [4.69, 9.17) is 11.6 Å². The lowest BCUT2D eigenvalue weighted by molar-refractivity contribution is 0.878. The van der Waals surface area contributed by atoms with Gasteiger partial charge in [0.25, 0.3) is 0 Å². The highest BCUT2D eigenvalue weighted by atomic mass is 35.5. The molecular weight excluding hydrogens is 276 g/mol. The van der Waals surface area contributed by atoms with Crippen molar-refractivity contribution >= 4 is 43.1 Å². The fourth-order valence-electron chi connectivity index (χ4n) is 2.32. The highest BCUT2D eigenvalue weighted by Gasteiger charge is 2.12. The van der Waals surface area contributed by atoms with Gasteiger partial charge in [-0.05, 0) is 35.7 Å². The first kappa shape index (κ1) is 12.6. The molecule has 1 heterocycles. The Morgan fingerprint density at radius 3 is 2.58 bits per heavy atom. The highest BCUT2D eigenvalue weighted by Crippen LogP contribution is 2.33. The van der Waals surface area contributed by atoms with Gasteiger partial charge in [-0.3, -0.25) is 4.79 Å². The van der Waals surface area contributed by atoms with Crippen LogP contribution in [0, 0.1) is 0 Å². The van der Waals surface area contributed by atoms with Gasteiger partial charge >= 0.3 is 0 Å².